The maximum Gasteiger partial charge on any atom is 0.239 e. The molecule has 1 fully saturated rings. The molecule has 26 heavy (non-hydrogen) atoms. The maximum absolute atomic E-state index is 12.5. The van der Waals surface area contributed by atoms with Gasteiger partial charge in [-0.2, -0.15) is 0 Å². The fourth-order valence-electron chi connectivity index (χ4n) is 3.01. The Balaban J connectivity index is 0.00000169. The van der Waals surface area contributed by atoms with E-state index in [1.807, 2.05) is 48.7 Å². The lowest BCUT2D eigenvalue weighted by Crippen LogP contribution is -2.48. The van der Waals surface area contributed by atoms with E-state index in [2.05, 4.69) is 20.5 Å². The van der Waals surface area contributed by atoms with Crippen LogP contribution in [-0.2, 0) is 11.3 Å². The van der Waals surface area contributed by atoms with Gasteiger partial charge in [0.25, 0.3) is 0 Å². The minimum atomic E-state index is 0. The molecule has 1 aromatic heterocycles. The van der Waals surface area contributed by atoms with Gasteiger partial charge in [-0.3, -0.25) is 9.78 Å². The fourth-order valence-corrected chi connectivity index (χ4v) is 3.01. The first kappa shape index (κ1) is 22.2. The Morgan fingerprint density at radius 2 is 2.00 bits per heavy atom. The molecule has 0 radical (unpaired) electrons. The highest BCUT2D eigenvalue weighted by Crippen LogP contribution is 2.16. The number of para-hydroxylation sites is 1. The minimum absolute atomic E-state index is 0. The van der Waals surface area contributed by atoms with Gasteiger partial charge < -0.3 is 15.5 Å². The molecule has 0 aliphatic carbocycles. The molecule has 2 aromatic rings. The van der Waals surface area contributed by atoms with Gasteiger partial charge in [0.05, 0.1) is 6.54 Å². The first-order chi connectivity index (χ1) is 11.8. The highest BCUT2D eigenvalue weighted by atomic mass is 35.5. The third-order valence-corrected chi connectivity index (χ3v) is 4.21. The normalized spacial score (nSPS) is 15.9. The Hall–Kier alpha value is -1.82. The first-order valence-electron chi connectivity index (χ1n) is 8.50. The van der Waals surface area contributed by atoms with Crippen molar-refractivity contribution in [1.82, 2.24) is 15.6 Å². The van der Waals surface area contributed by atoms with Crippen LogP contribution in [0.2, 0.25) is 0 Å². The van der Waals surface area contributed by atoms with Gasteiger partial charge in [-0.15, -0.1) is 24.8 Å². The van der Waals surface area contributed by atoms with Gasteiger partial charge in [-0.25, -0.2) is 0 Å². The summed E-state index contributed by atoms with van der Waals surface area (Å²) in [5, 5.41) is 6.47. The average molecular weight is 397 g/mol. The van der Waals surface area contributed by atoms with Crippen molar-refractivity contribution in [3.8, 4) is 0 Å². The number of nitrogens with zero attached hydrogens (tertiary/aromatic N) is 2. The Kier molecular flexibility index (Phi) is 10.0. The van der Waals surface area contributed by atoms with Crippen LogP contribution < -0.4 is 15.5 Å². The van der Waals surface area contributed by atoms with E-state index in [-0.39, 0.29) is 36.8 Å². The van der Waals surface area contributed by atoms with Gasteiger partial charge in [0.2, 0.25) is 5.91 Å². The summed E-state index contributed by atoms with van der Waals surface area (Å²) in [6.07, 6.45) is 5.77. The number of pyridine rings is 1. The highest BCUT2D eigenvalue weighted by Gasteiger charge is 2.18. The number of anilines is 1. The third-order valence-electron chi connectivity index (χ3n) is 4.21. The number of halogens is 2. The Morgan fingerprint density at radius 1 is 1.19 bits per heavy atom. The highest BCUT2D eigenvalue weighted by molar-refractivity contribution is 5.85. The van der Waals surface area contributed by atoms with E-state index in [0.29, 0.717) is 13.1 Å². The lowest BCUT2D eigenvalue weighted by molar-refractivity contribution is -0.120. The molecule has 1 amide bonds. The maximum atomic E-state index is 12.5. The zero-order chi connectivity index (χ0) is 16.6. The van der Waals surface area contributed by atoms with E-state index in [4.69, 9.17) is 0 Å². The zero-order valence-corrected chi connectivity index (χ0v) is 16.3. The monoisotopic (exact) mass is 396 g/mol. The number of benzene rings is 1. The van der Waals surface area contributed by atoms with Crippen molar-refractivity contribution in [3.05, 3.63) is 60.4 Å². The number of aromatic nitrogens is 1. The molecule has 1 unspecified atom stereocenters. The summed E-state index contributed by atoms with van der Waals surface area (Å²) < 4.78 is 0. The quantitative estimate of drug-likeness (QED) is 0.787. The lowest BCUT2D eigenvalue weighted by Gasteiger charge is -2.27. The van der Waals surface area contributed by atoms with E-state index in [0.717, 1.165) is 37.2 Å². The second kappa shape index (κ2) is 11.7. The van der Waals surface area contributed by atoms with Crippen LogP contribution in [0.3, 0.4) is 0 Å². The first-order valence-corrected chi connectivity index (χ1v) is 8.50. The van der Waals surface area contributed by atoms with Gasteiger partial charge >= 0.3 is 0 Å². The van der Waals surface area contributed by atoms with Crippen LogP contribution >= 0.6 is 24.8 Å². The van der Waals surface area contributed by atoms with Gasteiger partial charge in [0.1, 0.15) is 0 Å². The molecule has 3 rings (SSSR count). The van der Waals surface area contributed by atoms with Crippen molar-refractivity contribution >= 4 is 36.4 Å². The van der Waals surface area contributed by atoms with E-state index < -0.39 is 0 Å². The molecule has 7 heteroatoms. The number of piperidine rings is 1. The summed E-state index contributed by atoms with van der Waals surface area (Å²) in [5.41, 5.74) is 2.13. The molecule has 1 aliphatic heterocycles. The van der Waals surface area contributed by atoms with Gasteiger partial charge in [-0.1, -0.05) is 24.3 Å². The van der Waals surface area contributed by atoms with Crippen molar-refractivity contribution < 1.29 is 4.79 Å². The Labute approximate surface area is 167 Å². The number of hydrogen-bond acceptors (Lipinski definition) is 4. The summed E-state index contributed by atoms with van der Waals surface area (Å²) in [6.45, 7) is 2.91. The minimum Gasteiger partial charge on any atom is -0.358 e. The Bertz CT molecular complexity index is 637. The Morgan fingerprint density at radius 3 is 2.65 bits per heavy atom. The molecule has 1 saturated heterocycles. The van der Waals surface area contributed by atoms with Crippen molar-refractivity contribution in [2.24, 2.45) is 0 Å². The number of carbonyl (C=O) groups is 1. The van der Waals surface area contributed by atoms with Crippen LogP contribution in [-0.4, -0.2) is 36.6 Å². The van der Waals surface area contributed by atoms with E-state index >= 15 is 0 Å². The summed E-state index contributed by atoms with van der Waals surface area (Å²) >= 11 is 0. The molecular formula is C19H26Cl2N4O. The predicted molar refractivity (Wildman–Crippen MR) is 110 cm³/mol. The molecule has 2 heterocycles. The smallest absolute Gasteiger partial charge is 0.239 e. The topological polar surface area (TPSA) is 57.3 Å². The molecule has 0 spiro atoms. The fraction of sp³-hybridized carbons (Fsp3) is 0.368. The van der Waals surface area contributed by atoms with E-state index in [1.165, 1.54) is 0 Å². The summed E-state index contributed by atoms with van der Waals surface area (Å²) in [5.74, 6) is 0.0662. The lowest BCUT2D eigenvalue weighted by atomic mass is 10.1. The molecule has 2 N–H and O–H groups in total. The van der Waals surface area contributed by atoms with Crippen molar-refractivity contribution in [1.29, 1.82) is 0 Å². The van der Waals surface area contributed by atoms with Crippen LogP contribution in [0.4, 0.5) is 5.69 Å². The number of hydrogen-bond donors (Lipinski definition) is 2. The van der Waals surface area contributed by atoms with Crippen molar-refractivity contribution in [2.45, 2.75) is 25.4 Å². The van der Waals surface area contributed by atoms with Crippen molar-refractivity contribution in [2.75, 3.05) is 24.5 Å². The third kappa shape index (κ3) is 6.83. The molecule has 142 valence electrons. The van der Waals surface area contributed by atoms with E-state index in [1.54, 1.807) is 6.20 Å². The van der Waals surface area contributed by atoms with Crippen LogP contribution in [0.15, 0.2) is 54.9 Å². The van der Waals surface area contributed by atoms with Crippen molar-refractivity contribution in [3.63, 3.8) is 0 Å². The average Bonchev–Trinajstić information content (AvgIpc) is 2.63. The largest absolute Gasteiger partial charge is 0.358 e. The standard InChI is InChI=1S/C19H24N4O.2ClH/c24-19(22-17-7-5-11-21-13-17)15-23(18-8-2-1-3-9-18)14-16-6-4-10-20-12-16;;/h1-4,6,8-10,12,17,21H,5,7,11,13-15H2,(H,22,24);2*1H. The molecule has 1 aliphatic rings. The summed E-state index contributed by atoms with van der Waals surface area (Å²) in [4.78, 5) is 18.7. The molecule has 1 aromatic carbocycles. The van der Waals surface area contributed by atoms with Gasteiger partial charge in [0.15, 0.2) is 0 Å². The molecular weight excluding hydrogens is 371 g/mol. The number of carbonyl (C=O) groups excluding carboxylic acids is 1. The molecule has 1 atom stereocenters. The number of nitrogens with one attached hydrogen (secondary N) is 2. The second-order valence-corrected chi connectivity index (χ2v) is 6.16. The van der Waals surface area contributed by atoms with E-state index in [9.17, 15) is 4.79 Å². The zero-order valence-electron chi connectivity index (χ0n) is 14.6. The van der Waals surface area contributed by atoms with Crippen LogP contribution in [0, 0.1) is 0 Å². The van der Waals surface area contributed by atoms with Crippen LogP contribution in [0.5, 0.6) is 0 Å². The van der Waals surface area contributed by atoms with Gasteiger partial charge in [0, 0.05) is 37.2 Å². The SMILES string of the molecule is Cl.Cl.O=C(CN(Cc1cccnc1)c1ccccc1)NC1CCCNC1. The number of rotatable bonds is 6. The molecule has 0 bridgehead atoms. The summed E-state index contributed by atoms with van der Waals surface area (Å²) in [6, 6.07) is 14.2. The van der Waals surface area contributed by atoms with Crippen LogP contribution in [0.1, 0.15) is 18.4 Å². The molecule has 0 saturated carbocycles. The van der Waals surface area contributed by atoms with Gasteiger partial charge in [-0.05, 0) is 43.1 Å². The molecule has 5 nitrogen and oxygen atoms in total. The predicted octanol–water partition coefficient (Wildman–Crippen LogP) is 2.80. The second-order valence-electron chi connectivity index (χ2n) is 6.16. The number of amides is 1. The van der Waals surface area contributed by atoms with Crippen LogP contribution in [0.25, 0.3) is 0 Å². The summed E-state index contributed by atoms with van der Waals surface area (Å²) in [7, 11) is 0.